The molecule has 0 spiro atoms. The minimum Gasteiger partial charge on any atom is -0.377 e. The molecule has 2 N–H and O–H groups in total. The molecule has 26 heavy (non-hydrogen) atoms. The first-order valence-electron chi connectivity index (χ1n) is 8.98. The molecule has 0 bridgehead atoms. The zero-order valence-corrected chi connectivity index (χ0v) is 16.1. The number of ether oxygens (including phenoxy) is 1. The van der Waals surface area contributed by atoms with Gasteiger partial charge in [-0.25, -0.2) is 0 Å². The second-order valence-corrected chi connectivity index (χ2v) is 6.95. The Labute approximate surface area is 160 Å². The van der Waals surface area contributed by atoms with Crippen molar-refractivity contribution in [1.29, 1.82) is 0 Å². The Morgan fingerprint density at radius 3 is 2.54 bits per heavy atom. The van der Waals surface area contributed by atoms with E-state index in [4.69, 9.17) is 10.5 Å². The molecule has 4 nitrogen and oxygen atoms in total. The van der Waals surface area contributed by atoms with E-state index in [1.165, 1.54) is 35.7 Å². The van der Waals surface area contributed by atoms with E-state index >= 15 is 0 Å². The quantitative estimate of drug-likeness (QED) is 0.278. The van der Waals surface area contributed by atoms with Crippen LogP contribution in [0.5, 0.6) is 0 Å². The van der Waals surface area contributed by atoms with Crippen LogP contribution in [0.2, 0.25) is 0 Å². The lowest BCUT2D eigenvalue weighted by molar-refractivity contribution is 0.117. The maximum atomic E-state index is 5.88. The maximum absolute atomic E-state index is 5.88. The van der Waals surface area contributed by atoms with Crippen LogP contribution in [-0.2, 0) is 17.1 Å². The monoisotopic (exact) mass is 369 g/mol. The fraction of sp³-hybridized carbons (Fsp3) is 0.333. The molecule has 0 atom stereocenters. The van der Waals surface area contributed by atoms with E-state index in [0.717, 1.165) is 24.3 Å². The van der Waals surface area contributed by atoms with Crippen molar-refractivity contribution in [2.24, 2.45) is 15.9 Å². The van der Waals surface area contributed by atoms with E-state index in [1.54, 1.807) is 6.21 Å². The molecule has 0 heterocycles. The number of thioether (sulfide) groups is 1. The molecule has 0 saturated carbocycles. The summed E-state index contributed by atoms with van der Waals surface area (Å²) in [6.45, 7) is 3.67. The molecule has 0 amide bonds. The highest BCUT2D eigenvalue weighted by Crippen LogP contribution is 2.11. The SMILES string of the molecule is CCCCCOCc1ccc(C=NN=C(N)SCc2ccccc2)cc1. The van der Waals surface area contributed by atoms with Gasteiger partial charge in [0.2, 0.25) is 0 Å². The van der Waals surface area contributed by atoms with Crippen LogP contribution in [0.1, 0.15) is 42.9 Å². The smallest absolute Gasteiger partial charge is 0.180 e. The Balaban J connectivity index is 1.73. The third-order valence-electron chi connectivity index (χ3n) is 3.73. The van der Waals surface area contributed by atoms with Crippen LogP contribution >= 0.6 is 11.8 Å². The van der Waals surface area contributed by atoms with E-state index in [2.05, 4.69) is 41.4 Å². The van der Waals surface area contributed by atoms with Crippen LogP contribution in [0.4, 0.5) is 0 Å². The third kappa shape index (κ3) is 8.32. The van der Waals surface area contributed by atoms with Crippen molar-refractivity contribution in [3.63, 3.8) is 0 Å². The molecule has 138 valence electrons. The van der Waals surface area contributed by atoms with E-state index in [1.807, 2.05) is 30.3 Å². The van der Waals surface area contributed by atoms with Gasteiger partial charge in [-0.15, -0.1) is 5.10 Å². The lowest BCUT2D eigenvalue weighted by Gasteiger charge is -2.04. The Bertz CT molecular complexity index is 684. The lowest BCUT2D eigenvalue weighted by Crippen LogP contribution is -2.06. The summed E-state index contributed by atoms with van der Waals surface area (Å²) in [6.07, 6.45) is 5.28. The molecular formula is C21H27N3OS. The van der Waals surface area contributed by atoms with Crippen molar-refractivity contribution < 1.29 is 4.74 Å². The van der Waals surface area contributed by atoms with Gasteiger partial charge in [0, 0.05) is 12.4 Å². The third-order valence-corrected chi connectivity index (χ3v) is 4.59. The van der Waals surface area contributed by atoms with Gasteiger partial charge in [0.25, 0.3) is 0 Å². The molecule has 2 rings (SSSR count). The summed E-state index contributed by atoms with van der Waals surface area (Å²) >= 11 is 1.48. The van der Waals surface area contributed by atoms with E-state index in [9.17, 15) is 0 Å². The Morgan fingerprint density at radius 1 is 1.04 bits per heavy atom. The second kappa shape index (κ2) is 12.3. The van der Waals surface area contributed by atoms with Gasteiger partial charge in [0.15, 0.2) is 5.17 Å². The highest BCUT2D eigenvalue weighted by Gasteiger charge is 1.96. The maximum Gasteiger partial charge on any atom is 0.180 e. The van der Waals surface area contributed by atoms with Crippen LogP contribution in [0, 0.1) is 0 Å². The van der Waals surface area contributed by atoms with Crippen LogP contribution < -0.4 is 5.73 Å². The highest BCUT2D eigenvalue weighted by molar-refractivity contribution is 8.13. The van der Waals surface area contributed by atoms with Crippen LogP contribution in [-0.4, -0.2) is 18.0 Å². The first kappa shape index (κ1) is 20.2. The summed E-state index contributed by atoms with van der Waals surface area (Å²) in [5.41, 5.74) is 9.25. The van der Waals surface area contributed by atoms with Crippen molar-refractivity contribution in [2.45, 2.75) is 38.5 Å². The van der Waals surface area contributed by atoms with Gasteiger partial charge >= 0.3 is 0 Å². The van der Waals surface area contributed by atoms with Gasteiger partial charge in [-0.05, 0) is 23.1 Å². The fourth-order valence-corrected chi connectivity index (χ4v) is 2.87. The average Bonchev–Trinajstić information content (AvgIpc) is 2.68. The number of nitrogens with two attached hydrogens (primary N) is 1. The number of unbranched alkanes of at least 4 members (excludes halogenated alkanes) is 2. The number of hydrogen-bond donors (Lipinski definition) is 1. The topological polar surface area (TPSA) is 60.0 Å². The molecule has 0 aliphatic heterocycles. The first-order valence-corrected chi connectivity index (χ1v) is 9.96. The van der Waals surface area contributed by atoms with Crippen LogP contribution in [0.3, 0.4) is 0 Å². The zero-order valence-electron chi connectivity index (χ0n) is 15.3. The minimum atomic E-state index is 0.460. The van der Waals surface area contributed by atoms with E-state index in [-0.39, 0.29) is 0 Å². The molecule has 2 aromatic rings. The number of nitrogens with zero attached hydrogens (tertiary/aromatic N) is 2. The van der Waals surface area contributed by atoms with Crippen molar-refractivity contribution in [3.05, 3.63) is 71.3 Å². The fourth-order valence-electron chi connectivity index (χ4n) is 2.26. The van der Waals surface area contributed by atoms with Gasteiger partial charge in [-0.1, -0.05) is 86.1 Å². The van der Waals surface area contributed by atoms with Crippen molar-refractivity contribution in [3.8, 4) is 0 Å². The summed E-state index contributed by atoms with van der Waals surface area (Å²) in [5, 5.41) is 8.56. The van der Waals surface area contributed by atoms with Gasteiger partial charge < -0.3 is 10.5 Å². The summed E-state index contributed by atoms with van der Waals surface area (Å²) < 4.78 is 5.66. The second-order valence-electron chi connectivity index (χ2n) is 5.96. The standard InChI is InChI=1S/C21H27N3OS/c1-2-3-7-14-25-16-19-12-10-18(11-13-19)15-23-24-21(22)26-17-20-8-5-4-6-9-20/h4-6,8-13,15H,2-3,7,14,16-17H2,1H3,(H2,22,24). The van der Waals surface area contributed by atoms with E-state index < -0.39 is 0 Å². The predicted molar refractivity (Wildman–Crippen MR) is 113 cm³/mol. The summed E-state index contributed by atoms with van der Waals surface area (Å²) in [7, 11) is 0. The molecule has 2 aromatic carbocycles. The highest BCUT2D eigenvalue weighted by atomic mass is 32.2. The Morgan fingerprint density at radius 2 is 1.81 bits per heavy atom. The Hall–Kier alpha value is -2.11. The number of amidine groups is 1. The molecule has 0 aliphatic carbocycles. The summed E-state index contributed by atoms with van der Waals surface area (Å²) in [6, 6.07) is 18.3. The molecule has 5 heteroatoms. The first-order chi connectivity index (χ1) is 12.8. The number of benzene rings is 2. The zero-order chi connectivity index (χ0) is 18.5. The summed E-state index contributed by atoms with van der Waals surface area (Å²) in [5.74, 6) is 0.790. The normalized spacial score (nSPS) is 12.0. The average molecular weight is 370 g/mol. The molecule has 0 fully saturated rings. The largest absolute Gasteiger partial charge is 0.377 e. The van der Waals surface area contributed by atoms with Crippen molar-refractivity contribution in [2.75, 3.05) is 6.61 Å². The molecule has 0 unspecified atom stereocenters. The van der Waals surface area contributed by atoms with Crippen LogP contribution in [0.25, 0.3) is 0 Å². The molecule has 0 aliphatic rings. The number of hydrogen-bond acceptors (Lipinski definition) is 4. The van der Waals surface area contributed by atoms with E-state index in [0.29, 0.717) is 11.8 Å². The minimum absolute atomic E-state index is 0.460. The molecule has 0 aromatic heterocycles. The van der Waals surface area contributed by atoms with Crippen LogP contribution in [0.15, 0.2) is 64.8 Å². The van der Waals surface area contributed by atoms with Crippen molar-refractivity contribution in [1.82, 2.24) is 0 Å². The molecule has 0 radical (unpaired) electrons. The lowest BCUT2D eigenvalue weighted by atomic mass is 10.1. The summed E-state index contributed by atoms with van der Waals surface area (Å²) in [4.78, 5) is 0. The molecule has 0 saturated heterocycles. The van der Waals surface area contributed by atoms with Gasteiger partial charge in [-0.3, -0.25) is 0 Å². The molecular weight excluding hydrogens is 342 g/mol. The van der Waals surface area contributed by atoms with Gasteiger partial charge in [0.05, 0.1) is 12.8 Å². The Kier molecular flexibility index (Phi) is 9.54. The predicted octanol–water partition coefficient (Wildman–Crippen LogP) is 4.98. The number of rotatable bonds is 10. The van der Waals surface area contributed by atoms with Gasteiger partial charge in [0.1, 0.15) is 0 Å². The van der Waals surface area contributed by atoms with Gasteiger partial charge in [-0.2, -0.15) is 5.10 Å². The van der Waals surface area contributed by atoms with Crippen molar-refractivity contribution >= 4 is 23.1 Å².